The second-order valence-electron chi connectivity index (χ2n) is 4.05. The smallest absolute Gasteiger partial charge is 0.335 e. The summed E-state index contributed by atoms with van der Waals surface area (Å²) in [7, 11) is 1.63. The highest BCUT2D eigenvalue weighted by Crippen LogP contribution is 2.31. The summed E-state index contributed by atoms with van der Waals surface area (Å²) in [6.45, 7) is 1.09. The number of hydrogen-bond donors (Lipinski definition) is 1. The molecular weight excluding hydrogens is 196 g/mol. The molecule has 0 amide bonds. The van der Waals surface area contributed by atoms with E-state index in [4.69, 9.17) is 9.47 Å². The Balaban J connectivity index is 2.39. The second-order valence-corrected chi connectivity index (χ2v) is 4.05. The molecular formula is C11H20O4. The van der Waals surface area contributed by atoms with Gasteiger partial charge in [0.05, 0.1) is 6.61 Å². The van der Waals surface area contributed by atoms with Crippen LogP contribution in [0.5, 0.6) is 0 Å². The maximum atomic E-state index is 11.2. The predicted molar refractivity (Wildman–Crippen MR) is 55.9 cm³/mol. The van der Waals surface area contributed by atoms with E-state index in [1.165, 1.54) is 0 Å². The molecule has 0 bridgehead atoms. The van der Waals surface area contributed by atoms with Crippen molar-refractivity contribution in [3.8, 4) is 0 Å². The third-order valence-corrected chi connectivity index (χ3v) is 2.92. The first kappa shape index (κ1) is 12.5. The second kappa shape index (κ2) is 6.08. The molecule has 1 aliphatic rings. The number of carboxylic acid groups (broad SMARTS) is 1. The van der Waals surface area contributed by atoms with E-state index in [9.17, 15) is 9.90 Å². The lowest BCUT2D eigenvalue weighted by Crippen LogP contribution is -2.43. The Labute approximate surface area is 90.6 Å². The average molecular weight is 216 g/mol. The molecule has 0 spiro atoms. The van der Waals surface area contributed by atoms with E-state index in [1.54, 1.807) is 7.11 Å². The van der Waals surface area contributed by atoms with Crippen molar-refractivity contribution < 1.29 is 19.4 Å². The average Bonchev–Trinajstić information content (AvgIpc) is 2.26. The van der Waals surface area contributed by atoms with Crippen LogP contribution >= 0.6 is 0 Å². The minimum absolute atomic E-state index is 0.472. The van der Waals surface area contributed by atoms with E-state index in [2.05, 4.69) is 0 Å². The summed E-state index contributed by atoms with van der Waals surface area (Å²) in [5, 5.41) is 9.19. The van der Waals surface area contributed by atoms with E-state index in [-0.39, 0.29) is 0 Å². The summed E-state index contributed by atoms with van der Waals surface area (Å²) in [4.78, 5) is 11.2. The first-order chi connectivity index (χ1) is 7.21. The SMILES string of the molecule is COCCCOC1(C(=O)O)CCCCC1. The van der Waals surface area contributed by atoms with Crippen LogP contribution in [0.15, 0.2) is 0 Å². The molecule has 1 aliphatic carbocycles. The fourth-order valence-corrected chi connectivity index (χ4v) is 2.01. The minimum Gasteiger partial charge on any atom is -0.479 e. The van der Waals surface area contributed by atoms with Crippen LogP contribution in [0.1, 0.15) is 38.5 Å². The fourth-order valence-electron chi connectivity index (χ4n) is 2.01. The molecule has 4 nitrogen and oxygen atoms in total. The summed E-state index contributed by atoms with van der Waals surface area (Å²) in [6, 6.07) is 0. The van der Waals surface area contributed by atoms with Gasteiger partial charge in [0.15, 0.2) is 5.60 Å². The molecule has 1 rings (SSSR count). The summed E-state index contributed by atoms with van der Waals surface area (Å²) in [5.41, 5.74) is -0.911. The van der Waals surface area contributed by atoms with Gasteiger partial charge in [-0.15, -0.1) is 0 Å². The monoisotopic (exact) mass is 216 g/mol. The molecule has 1 saturated carbocycles. The van der Waals surface area contributed by atoms with Crippen LogP contribution in [0.2, 0.25) is 0 Å². The summed E-state index contributed by atoms with van der Waals surface area (Å²) in [6.07, 6.45) is 5.08. The van der Waals surface area contributed by atoms with Crippen LogP contribution in [-0.2, 0) is 14.3 Å². The predicted octanol–water partition coefficient (Wildman–Crippen LogP) is 1.83. The van der Waals surface area contributed by atoms with E-state index >= 15 is 0 Å². The molecule has 0 heterocycles. The standard InChI is InChI=1S/C11H20O4/c1-14-8-5-9-15-11(10(12)13)6-3-2-4-7-11/h2-9H2,1H3,(H,12,13). The zero-order chi connectivity index (χ0) is 11.1. The third-order valence-electron chi connectivity index (χ3n) is 2.92. The van der Waals surface area contributed by atoms with Gasteiger partial charge in [0.25, 0.3) is 0 Å². The molecule has 0 aromatic carbocycles. The lowest BCUT2D eigenvalue weighted by Gasteiger charge is -2.33. The van der Waals surface area contributed by atoms with Crippen LogP contribution in [0, 0.1) is 0 Å². The Morgan fingerprint density at radius 2 is 1.93 bits per heavy atom. The van der Waals surface area contributed by atoms with Crippen molar-refractivity contribution in [2.24, 2.45) is 0 Å². The van der Waals surface area contributed by atoms with E-state index < -0.39 is 11.6 Å². The lowest BCUT2D eigenvalue weighted by atomic mass is 9.84. The molecule has 0 aliphatic heterocycles. The highest BCUT2D eigenvalue weighted by Gasteiger charge is 2.40. The Bertz CT molecular complexity index is 197. The van der Waals surface area contributed by atoms with E-state index in [0.29, 0.717) is 26.1 Å². The van der Waals surface area contributed by atoms with Crippen molar-refractivity contribution in [3.05, 3.63) is 0 Å². The Morgan fingerprint density at radius 1 is 1.27 bits per heavy atom. The van der Waals surface area contributed by atoms with Gasteiger partial charge < -0.3 is 14.6 Å². The van der Waals surface area contributed by atoms with E-state index in [0.717, 1.165) is 25.7 Å². The largest absolute Gasteiger partial charge is 0.479 e. The van der Waals surface area contributed by atoms with Crippen LogP contribution < -0.4 is 0 Å². The topological polar surface area (TPSA) is 55.8 Å². The highest BCUT2D eigenvalue weighted by molar-refractivity contribution is 5.77. The van der Waals surface area contributed by atoms with Crippen molar-refractivity contribution in [2.75, 3.05) is 20.3 Å². The van der Waals surface area contributed by atoms with Crippen LogP contribution in [0.25, 0.3) is 0 Å². The molecule has 88 valence electrons. The van der Waals surface area contributed by atoms with Gasteiger partial charge in [0.2, 0.25) is 0 Å². The number of carboxylic acids is 1. The van der Waals surface area contributed by atoms with Gasteiger partial charge in [-0.05, 0) is 32.1 Å². The molecule has 0 radical (unpaired) electrons. The van der Waals surface area contributed by atoms with Crippen molar-refractivity contribution in [3.63, 3.8) is 0 Å². The molecule has 0 aromatic rings. The van der Waals surface area contributed by atoms with Crippen molar-refractivity contribution in [1.29, 1.82) is 0 Å². The van der Waals surface area contributed by atoms with Crippen molar-refractivity contribution in [2.45, 2.75) is 44.1 Å². The van der Waals surface area contributed by atoms with Gasteiger partial charge in [-0.1, -0.05) is 6.42 Å². The molecule has 1 N–H and O–H groups in total. The molecule has 4 heteroatoms. The number of ether oxygens (including phenoxy) is 2. The van der Waals surface area contributed by atoms with Crippen molar-refractivity contribution >= 4 is 5.97 Å². The Morgan fingerprint density at radius 3 is 2.47 bits per heavy atom. The van der Waals surface area contributed by atoms with Gasteiger partial charge in [-0.25, -0.2) is 4.79 Å². The quantitative estimate of drug-likeness (QED) is 0.688. The third kappa shape index (κ3) is 3.47. The number of carbonyl (C=O) groups is 1. The van der Waals surface area contributed by atoms with Gasteiger partial charge in [-0.2, -0.15) is 0 Å². The number of rotatable bonds is 6. The highest BCUT2D eigenvalue weighted by atomic mass is 16.5. The Hall–Kier alpha value is -0.610. The van der Waals surface area contributed by atoms with Crippen LogP contribution in [-0.4, -0.2) is 37.0 Å². The van der Waals surface area contributed by atoms with Gasteiger partial charge >= 0.3 is 5.97 Å². The lowest BCUT2D eigenvalue weighted by molar-refractivity contribution is -0.171. The number of hydrogen-bond acceptors (Lipinski definition) is 3. The van der Waals surface area contributed by atoms with Gasteiger partial charge in [0, 0.05) is 13.7 Å². The first-order valence-electron chi connectivity index (χ1n) is 5.57. The first-order valence-corrected chi connectivity index (χ1v) is 5.57. The minimum atomic E-state index is -0.911. The maximum absolute atomic E-state index is 11.2. The molecule has 0 unspecified atom stereocenters. The molecule has 0 aromatic heterocycles. The zero-order valence-corrected chi connectivity index (χ0v) is 9.33. The van der Waals surface area contributed by atoms with Gasteiger partial charge in [0.1, 0.15) is 0 Å². The molecule has 0 atom stereocenters. The summed E-state index contributed by atoms with van der Waals surface area (Å²) >= 11 is 0. The summed E-state index contributed by atoms with van der Waals surface area (Å²) < 4.78 is 10.5. The molecule has 15 heavy (non-hydrogen) atoms. The zero-order valence-electron chi connectivity index (χ0n) is 9.33. The Kier molecular flexibility index (Phi) is 5.05. The number of methoxy groups -OCH3 is 1. The number of aliphatic carboxylic acids is 1. The molecule has 1 fully saturated rings. The van der Waals surface area contributed by atoms with Crippen LogP contribution in [0.4, 0.5) is 0 Å². The molecule has 0 saturated heterocycles. The van der Waals surface area contributed by atoms with E-state index in [1.807, 2.05) is 0 Å². The van der Waals surface area contributed by atoms with Crippen molar-refractivity contribution in [1.82, 2.24) is 0 Å². The summed E-state index contributed by atoms with van der Waals surface area (Å²) in [5.74, 6) is -0.806. The van der Waals surface area contributed by atoms with Crippen LogP contribution in [0.3, 0.4) is 0 Å². The normalized spacial score (nSPS) is 20.1. The van der Waals surface area contributed by atoms with Gasteiger partial charge in [-0.3, -0.25) is 0 Å². The maximum Gasteiger partial charge on any atom is 0.335 e. The fraction of sp³-hybridized carbons (Fsp3) is 0.909.